The smallest absolute Gasteiger partial charge is 0.277 e. The summed E-state index contributed by atoms with van der Waals surface area (Å²) in [5.74, 6) is -2.38. The summed E-state index contributed by atoms with van der Waals surface area (Å²) >= 11 is 5.13. The molecule has 160 valence electrons. The van der Waals surface area contributed by atoms with E-state index in [9.17, 15) is 14.4 Å². The normalized spacial score (nSPS) is 16.3. The number of nitrogens with zero attached hydrogens (tertiary/aromatic N) is 2. The van der Waals surface area contributed by atoms with Crippen molar-refractivity contribution in [3.63, 3.8) is 0 Å². The fourth-order valence-electron chi connectivity index (χ4n) is 3.22. The maximum absolute atomic E-state index is 12.8. The van der Waals surface area contributed by atoms with Gasteiger partial charge in [0.15, 0.2) is 17.6 Å². The van der Waals surface area contributed by atoms with Crippen LogP contribution in [-0.2, 0) is 14.4 Å². The van der Waals surface area contributed by atoms with Gasteiger partial charge in [-0.3, -0.25) is 19.3 Å². The third kappa shape index (κ3) is 4.47. The minimum Gasteiger partial charge on any atom is -0.483 e. The van der Waals surface area contributed by atoms with Gasteiger partial charge in [0, 0.05) is 11.6 Å². The molecule has 1 unspecified atom stereocenters. The summed E-state index contributed by atoms with van der Waals surface area (Å²) in [5, 5.41) is 8.11. The number of para-hydroxylation sites is 1. The first-order valence-corrected chi connectivity index (χ1v) is 10.1. The zero-order valence-corrected chi connectivity index (χ0v) is 17.5. The Kier molecular flexibility index (Phi) is 6.18. The topological polar surface area (TPSA) is 100 Å². The first-order valence-electron chi connectivity index (χ1n) is 9.71. The molecule has 9 heteroatoms. The highest BCUT2D eigenvalue weighted by Crippen LogP contribution is 2.25. The average Bonchev–Trinajstić information content (AvgIpc) is 2.80. The van der Waals surface area contributed by atoms with Gasteiger partial charge in [-0.1, -0.05) is 54.6 Å². The van der Waals surface area contributed by atoms with Crippen molar-refractivity contribution >= 4 is 57.7 Å². The van der Waals surface area contributed by atoms with Crippen LogP contribution in [0.1, 0.15) is 0 Å². The second-order valence-corrected chi connectivity index (χ2v) is 7.25. The Bertz CT molecular complexity index is 1220. The third-order valence-corrected chi connectivity index (χ3v) is 5.02. The highest BCUT2D eigenvalue weighted by molar-refractivity contribution is 7.80. The molecule has 0 saturated carbocycles. The van der Waals surface area contributed by atoms with Crippen molar-refractivity contribution in [1.29, 1.82) is 0 Å². The van der Waals surface area contributed by atoms with Crippen molar-refractivity contribution in [2.75, 3.05) is 11.5 Å². The first-order chi connectivity index (χ1) is 15.5. The van der Waals surface area contributed by atoms with E-state index < -0.39 is 23.6 Å². The van der Waals surface area contributed by atoms with Gasteiger partial charge >= 0.3 is 0 Å². The predicted octanol–water partition coefficient (Wildman–Crippen LogP) is 2.38. The number of anilines is 1. The lowest BCUT2D eigenvalue weighted by Gasteiger charge is -2.30. The van der Waals surface area contributed by atoms with E-state index >= 15 is 0 Å². The summed E-state index contributed by atoms with van der Waals surface area (Å²) in [7, 11) is 0. The zero-order chi connectivity index (χ0) is 22.5. The molecule has 3 aromatic rings. The van der Waals surface area contributed by atoms with E-state index in [0.717, 1.165) is 17.0 Å². The summed E-state index contributed by atoms with van der Waals surface area (Å²) in [6.45, 7) is -0.281. The molecule has 32 heavy (non-hydrogen) atoms. The molecule has 1 heterocycles. The van der Waals surface area contributed by atoms with Crippen molar-refractivity contribution in [2.45, 2.75) is 0 Å². The summed E-state index contributed by atoms with van der Waals surface area (Å²) < 4.78 is 5.60. The van der Waals surface area contributed by atoms with Crippen molar-refractivity contribution in [3.8, 4) is 5.75 Å². The van der Waals surface area contributed by atoms with Gasteiger partial charge in [-0.05, 0) is 35.8 Å². The molecule has 0 spiro atoms. The summed E-state index contributed by atoms with van der Waals surface area (Å²) in [6.07, 6.45) is 1.07. The van der Waals surface area contributed by atoms with Gasteiger partial charge in [-0.25, -0.2) is 5.43 Å². The minimum atomic E-state index is -1.24. The van der Waals surface area contributed by atoms with E-state index in [1.807, 2.05) is 36.4 Å². The van der Waals surface area contributed by atoms with Gasteiger partial charge in [0.1, 0.15) is 5.75 Å². The summed E-state index contributed by atoms with van der Waals surface area (Å²) in [4.78, 5) is 38.4. The molecule has 1 fully saturated rings. The van der Waals surface area contributed by atoms with Crippen molar-refractivity contribution in [2.24, 2.45) is 11.0 Å². The fourth-order valence-corrected chi connectivity index (χ4v) is 3.52. The van der Waals surface area contributed by atoms with Crippen LogP contribution in [-0.4, -0.2) is 35.7 Å². The van der Waals surface area contributed by atoms with E-state index in [1.54, 1.807) is 36.4 Å². The largest absolute Gasteiger partial charge is 0.483 e. The maximum Gasteiger partial charge on any atom is 0.277 e. The van der Waals surface area contributed by atoms with Gasteiger partial charge < -0.3 is 10.1 Å². The number of hydrogen-bond acceptors (Lipinski definition) is 6. The number of carbonyl (C=O) groups is 3. The number of hydrazone groups is 1. The van der Waals surface area contributed by atoms with E-state index in [-0.39, 0.29) is 11.7 Å². The third-order valence-electron chi connectivity index (χ3n) is 4.74. The number of hydrogen-bond donors (Lipinski definition) is 2. The number of ether oxygens (including phenoxy) is 1. The molecule has 1 atom stereocenters. The lowest BCUT2D eigenvalue weighted by molar-refractivity contribution is -0.130. The van der Waals surface area contributed by atoms with Gasteiger partial charge in [0.05, 0.1) is 5.69 Å². The Labute approximate surface area is 188 Å². The van der Waals surface area contributed by atoms with Crippen LogP contribution in [0, 0.1) is 5.92 Å². The quantitative estimate of drug-likeness (QED) is 0.262. The van der Waals surface area contributed by atoms with Crippen LogP contribution in [0.4, 0.5) is 5.69 Å². The molecular weight excluding hydrogens is 428 g/mol. The lowest BCUT2D eigenvalue weighted by atomic mass is 10.1. The molecule has 0 aliphatic carbocycles. The van der Waals surface area contributed by atoms with Crippen LogP contribution in [0.5, 0.6) is 5.75 Å². The minimum absolute atomic E-state index is 0.0108. The molecule has 3 amide bonds. The monoisotopic (exact) mass is 446 g/mol. The maximum atomic E-state index is 12.8. The first kappa shape index (κ1) is 21.1. The highest BCUT2D eigenvalue weighted by atomic mass is 32.1. The molecule has 0 aromatic heterocycles. The fraction of sp³-hybridized carbons (Fsp3) is 0.0870. The predicted molar refractivity (Wildman–Crippen MR) is 124 cm³/mol. The highest BCUT2D eigenvalue weighted by Gasteiger charge is 2.38. The van der Waals surface area contributed by atoms with Gasteiger partial charge in [-0.15, -0.1) is 0 Å². The molecule has 4 rings (SSSR count). The average molecular weight is 446 g/mol. The van der Waals surface area contributed by atoms with E-state index in [1.165, 1.54) is 4.90 Å². The zero-order valence-electron chi connectivity index (χ0n) is 16.7. The Hall–Kier alpha value is -4.11. The van der Waals surface area contributed by atoms with Gasteiger partial charge in [-0.2, -0.15) is 5.10 Å². The number of fused-ring (bicyclic) bond motifs is 1. The second-order valence-electron chi connectivity index (χ2n) is 6.86. The Morgan fingerprint density at radius 3 is 2.59 bits per heavy atom. The summed E-state index contributed by atoms with van der Waals surface area (Å²) in [6, 6.07) is 21.9. The number of amides is 3. The number of nitrogens with one attached hydrogen (secondary N) is 2. The molecule has 0 radical (unpaired) electrons. The van der Waals surface area contributed by atoms with Crippen molar-refractivity contribution in [3.05, 3.63) is 72.8 Å². The molecule has 0 bridgehead atoms. The van der Waals surface area contributed by atoms with E-state index in [0.29, 0.717) is 11.4 Å². The van der Waals surface area contributed by atoms with E-state index in [2.05, 4.69) is 15.8 Å². The SMILES string of the molecule is O=C(COc1cccc2ccccc12)NN=CC1C(=O)NC(=S)N(c2ccccc2)C1=O. The molecular formula is C23H18N4O4S. The molecule has 8 nitrogen and oxygen atoms in total. The number of thiocarbonyl (C=S) groups is 1. The Balaban J connectivity index is 1.38. The molecule has 3 aromatic carbocycles. The van der Waals surface area contributed by atoms with Crippen LogP contribution >= 0.6 is 12.2 Å². The second kappa shape index (κ2) is 9.36. The van der Waals surface area contributed by atoms with Crippen LogP contribution in [0.15, 0.2) is 77.9 Å². The molecule has 1 saturated heterocycles. The molecule has 2 N–H and O–H groups in total. The van der Waals surface area contributed by atoms with Crippen molar-refractivity contribution in [1.82, 2.24) is 10.7 Å². The van der Waals surface area contributed by atoms with Crippen LogP contribution in [0.3, 0.4) is 0 Å². The molecule has 1 aliphatic rings. The Morgan fingerprint density at radius 2 is 1.78 bits per heavy atom. The van der Waals surface area contributed by atoms with Gasteiger partial charge in [0.25, 0.3) is 11.8 Å². The van der Waals surface area contributed by atoms with Crippen LogP contribution < -0.4 is 20.4 Å². The van der Waals surface area contributed by atoms with Crippen LogP contribution in [0.2, 0.25) is 0 Å². The molecule has 1 aliphatic heterocycles. The Morgan fingerprint density at radius 1 is 1.06 bits per heavy atom. The van der Waals surface area contributed by atoms with Crippen LogP contribution in [0.25, 0.3) is 10.8 Å². The van der Waals surface area contributed by atoms with E-state index in [4.69, 9.17) is 17.0 Å². The standard InChI is InChI=1S/C23H18N4O4S/c28-20(14-31-19-12-6-8-15-7-4-5-11-17(15)19)26-24-13-18-21(29)25-23(32)27(22(18)30)16-9-2-1-3-10-16/h1-13,18H,14H2,(H,26,28)(H,25,29,32). The number of benzene rings is 3. The number of rotatable bonds is 6. The van der Waals surface area contributed by atoms with Crippen molar-refractivity contribution < 1.29 is 19.1 Å². The number of carbonyl (C=O) groups excluding carboxylic acids is 3. The van der Waals surface area contributed by atoms with Gasteiger partial charge in [0.2, 0.25) is 5.91 Å². The summed E-state index contributed by atoms with van der Waals surface area (Å²) in [5.41, 5.74) is 2.80. The lowest BCUT2D eigenvalue weighted by Crippen LogP contribution is -2.58.